The third-order valence-corrected chi connectivity index (χ3v) is 3.32. The third-order valence-electron chi connectivity index (χ3n) is 3.32. The Morgan fingerprint density at radius 2 is 1.86 bits per heavy atom. The average molecular weight is 304 g/mol. The molecule has 0 radical (unpaired) electrons. The molecule has 0 aliphatic carbocycles. The number of carbonyl (C=O) groups excluding carboxylic acids is 1. The number of aryl methyl sites for hydroxylation is 1. The van der Waals surface area contributed by atoms with E-state index in [4.69, 9.17) is 0 Å². The van der Waals surface area contributed by atoms with Crippen LogP contribution in [0.25, 0.3) is 0 Å². The second-order valence-electron chi connectivity index (χ2n) is 4.97. The summed E-state index contributed by atoms with van der Waals surface area (Å²) in [6, 6.07) is 9.23. The number of amides is 1. The summed E-state index contributed by atoms with van der Waals surface area (Å²) >= 11 is 0. The molecule has 0 spiro atoms. The van der Waals surface area contributed by atoms with Gasteiger partial charge in [0, 0.05) is 18.3 Å². The van der Waals surface area contributed by atoms with Gasteiger partial charge < -0.3 is 10.6 Å². The van der Waals surface area contributed by atoms with E-state index in [9.17, 15) is 13.6 Å². The first-order chi connectivity index (χ1) is 10.5. The monoisotopic (exact) mass is 304 g/mol. The lowest BCUT2D eigenvalue weighted by Gasteiger charge is -2.12. The minimum Gasteiger partial charge on any atom is -0.322 e. The first kappa shape index (κ1) is 16.1. The van der Waals surface area contributed by atoms with Gasteiger partial charge in [-0.1, -0.05) is 25.1 Å². The molecule has 0 unspecified atom stereocenters. The van der Waals surface area contributed by atoms with Crippen LogP contribution in [-0.4, -0.2) is 12.5 Å². The van der Waals surface area contributed by atoms with Crippen LogP contribution < -0.4 is 10.6 Å². The Kier molecular flexibility index (Phi) is 5.22. The largest absolute Gasteiger partial charge is 0.322 e. The fourth-order valence-electron chi connectivity index (χ4n) is 2.08. The molecule has 0 aliphatic rings. The smallest absolute Gasteiger partial charge is 0.258 e. The van der Waals surface area contributed by atoms with E-state index in [0.29, 0.717) is 12.2 Å². The van der Waals surface area contributed by atoms with Crippen LogP contribution in [0, 0.1) is 18.6 Å². The highest BCUT2D eigenvalue weighted by atomic mass is 19.1. The Hall–Kier alpha value is -2.27. The highest BCUT2D eigenvalue weighted by Crippen LogP contribution is 2.19. The van der Waals surface area contributed by atoms with Crippen molar-refractivity contribution in [3.63, 3.8) is 0 Å². The zero-order valence-corrected chi connectivity index (χ0v) is 12.5. The van der Waals surface area contributed by atoms with E-state index in [1.54, 1.807) is 12.1 Å². The summed E-state index contributed by atoms with van der Waals surface area (Å²) in [6.07, 6.45) is 0. The molecule has 3 nitrogen and oxygen atoms in total. The standard InChI is InChI=1S/C17H18F2N2O/c1-3-20-10-12-6-4-5-7-16(12)21-17(22)13-8-11(2)14(18)9-15(13)19/h4-9,20H,3,10H2,1-2H3,(H,21,22). The van der Waals surface area contributed by atoms with Gasteiger partial charge in [0.15, 0.2) is 0 Å². The maximum Gasteiger partial charge on any atom is 0.258 e. The van der Waals surface area contributed by atoms with Gasteiger partial charge in [-0.15, -0.1) is 0 Å². The lowest BCUT2D eigenvalue weighted by molar-refractivity contribution is 0.102. The summed E-state index contributed by atoms with van der Waals surface area (Å²) in [6.45, 7) is 4.87. The highest BCUT2D eigenvalue weighted by molar-refractivity contribution is 6.05. The number of carbonyl (C=O) groups is 1. The second kappa shape index (κ2) is 7.13. The molecule has 0 bridgehead atoms. The topological polar surface area (TPSA) is 41.1 Å². The van der Waals surface area contributed by atoms with Crippen molar-refractivity contribution in [1.82, 2.24) is 5.32 Å². The second-order valence-corrected chi connectivity index (χ2v) is 4.97. The summed E-state index contributed by atoms with van der Waals surface area (Å²) in [5, 5.41) is 5.85. The molecular formula is C17H18F2N2O. The minimum absolute atomic E-state index is 0.169. The van der Waals surface area contributed by atoms with Crippen LogP contribution in [0.1, 0.15) is 28.4 Å². The highest BCUT2D eigenvalue weighted by Gasteiger charge is 2.15. The van der Waals surface area contributed by atoms with E-state index >= 15 is 0 Å². The van der Waals surface area contributed by atoms with Crippen molar-refractivity contribution in [2.45, 2.75) is 20.4 Å². The molecule has 0 aromatic heterocycles. The fourth-order valence-corrected chi connectivity index (χ4v) is 2.08. The van der Waals surface area contributed by atoms with Gasteiger partial charge in [-0.2, -0.15) is 0 Å². The van der Waals surface area contributed by atoms with Crippen molar-refractivity contribution in [1.29, 1.82) is 0 Å². The number of anilines is 1. The van der Waals surface area contributed by atoms with Gasteiger partial charge in [0.2, 0.25) is 0 Å². The van der Waals surface area contributed by atoms with Gasteiger partial charge >= 0.3 is 0 Å². The number of nitrogens with one attached hydrogen (secondary N) is 2. The zero-order chi connectivity index (χ0) is 16.1. The maximum atomic E-state index is 13.8. The Balaban J connectivity index is 2.24. The number of rotatable bonds is 5. The lowest BCUT2D eigenvalue weighted by Crippen LogP contribution is -2.18. The third kappa shape index (κ3) is 3.68. The van der Waals surface area contributed by atoms with Crippen LogP contribution in [0.4, 0.5) is 14.5 Å². The van der Waals surface area contributed by atoms with Crippen molar-refractivity contribution in [3.8, 4) is 0 Å². The van der Waals surface area contributed by atoms with Crippen molar-refractivity contribution in [2.24, 2.45) is 0 Å². The summed E-state index contributed by atoms with van der Waals surface area (Å²) in [7, 11) is 0. The first-order valence-electron chi connectivity index (χ1n) is 7.08. The number of benzene rings is 2. The van der Waals surface area contributed by atoms with Crippen LogP contribution in [0.5, 0.6) is 0 Å². The van der Waals surface area contributed by atoms with Crippen LogP contribution in [-0.2, 0) is 6.54 Å². The summed E-state index contributed by atoms with van der Waals surface area (Å²) in [4.78, 5) is 12.2. The van der Waals surface area contributed by atoms with Gasteiger partial charge in [-0.05, 0) is 36.7 Å². The van der Waals surface area contributed by atoms with Crippen molar-refractivity contribution >= 4 is 11.6 Å². The number of para-hydroxylation sites is 1. The lowest BCUT2D eigenvalue weighted by atomic mass is 10.1. The molecule has 1 amide bonds. The predicted molar refractivity (Wildman–Crippen MR) is 82.9 cm³/mol. The molecule has 0 saturated carbocycles. The normalized spacial score (nSPS) is 10.5. The van der Waals surface area contributed by atoms with Gasteiger partial charge in [-0.25, -0.2) is 8.78 Å². The van der Waals surface area contributed by atoms with Crippen molar-refractivity contribution in [2.75, 3.05) is 11.9 Å². The van der Waals surface area contributed by atoms with E-state index in [2.05, 4.69) is 10.6 Å². The van der Waals surface area contributed by atoms with Crippen LogP contribution >= 0.6 is 0 Å². The van der Waals surface area contributed by atoms with Gasteiger partial charge in [0.05, 0.1) is 5.56 Å². The SMILES string of the molecule is CCNCc1ccccc1NC(=O)c1cc(C)c(F)cc1F. The Morgan fingerprint density at radius 1 is 1.14 bits per heavy atom. The van der Waals surface area contributed by atoms with Gasteiger partial charge in [-0.3, -0.25) is 4.79 Å². The molecule has 0 saturated heterocycles. The molecule has 22 heavy (non-hydrogen) atoms. The summed E-state index contributed by atoms with van der Waals surface area (Å²) in [5.41, 5.74) is 1.57. The Labute approximate surface area is 128 Å². The molecule has 116 valence electrons. The molecule has 0 aliphatic heterocycles. The molecular weight excluding hydrogens is 286 g/mol. The van der Waals surface area contributed by atoms with Gasteiger partial charge in [0.25, 0.3) is 5.91 Å². The van der Waals surface area contributed by atoms with Crippen molar-refractivity contribution < 1.29 is 13.6 Å². The first-order valence-corrected chi connectivity index (χ1v) is 7.08. The Morgan fingerprint density at radius 3 is 2.59 bits per heavy atom. The van der Waals surface area contributed by atoms with Crippen LogP contribution in [0.15, 0.2) is 36.4 Å². The molecule has 5 heteroatoms. The van der Waals surface area contributed by atoms with E-state index in [1.165, 1.54) is 13.0 Å². The number of hydrogen-bond acceptors (Lipinski definition) is 2. The Bertz CT molecular complexity index is 686. The molecule has 2 N–H and O–H groups in total. The minimum atomic E-state index is -0.871. The van der Waals surface area contributed by atoms with Gasteiger partial charge in [0.1, 0.15) is 11.6 Å². The van der Waals surface area contributed by atoms with E-state index in [0.717, 1.165) is 18.2 Å². The van der Waals surface area contributed by atoms with Crippen LogP contribution in [0.2, 0.25) is 0 Å². The quantitative estimate of drug-likeness (QED) is 0.885. The molecule has 2 aromatic carbocycles. The van der Waals surface area contributed by atoms with Crippen LogP contribution in [0.3, 0.4) is 0 Å². The molecule has 0 atom stereocenters. The maximum absolute atomic E-state index is 13.8. The molecule has 2 rings (SSSR count). The summed E-state index contributed by atoms with van der Waals surface area (Å²) < 4.78 is 27.0. The van der Waals surface area contributed by atoms with Crippen molar-refractivity contribution in [3.05, 3.63) is 64.7 Å². The average Bonchev–Trinajstić information content (AvgIpc) is 2.50. The molecule has 2 aromatic rings. The van der Waals surface area contributed by atoms with E-state index in [-0.39, 0.29) is 11.1 Å². The van der Waals surface area contributed by atoms with E-state index in [1.807, 2.05) is 19.1 Å². The van der Waals surface area contributed by atoms with E-state index < -0.39 is 17.5 Å². The number of hydrogen-bond donors (Lipinski definition) is 2. The predicted octanol–water partition coefficient (Wildman–Crippen LogP) is 3.64. The zero-order valence-electron chi connectivity index (χ0n) is 12.5. The molecule has 0 fully saturated rings. The number of halogens is 2. The molecule has 0 heterocycles. The summed E-state index contributed by atoms with van der Waals surface area (Å²) in [5.74, 6) is -2.13. The fraction of sp³-hybridized carbons (Fsp3) is 0.235.